The van der Waals surface area contributed by atoms with Crippen molar-refractivity contribution in [1.82, 2.24) is 4.31 Å². The van der Waals surface area contributed by atoms with Crippen molar-refractivity contribution in [3.05, 3.63) is 91.0 Å². The van der Waals surface area contributed by atoms with Gasteiger partial charge in [0.15, 0.2) is 0 Å². The quantitative estimate of drug-likeness (QED) is 0.112. The number of carbonyl (C=O) groups excluding carboxylic acids is 2. The van der Waals surface area contributed by atoms with Crippen LogP contribution >= 0.6 is 19.2 Å². The molecule has 35 heavy (non-hydrogen) atoms. The molecular weight excluding hydrogens is 473 g/mol. The van der Waals surface area contributed by atoms with E-state index in [9.17, 15) is 9.59 Å². The van der Waals surface area contributed by atoms with Crippen LogP contribution in [0.3, 0.4) is 0 Å². The van der Waals surface area contributed by atoms with Crippen molar-refractivity contribution < 1.29 is 14.3 Å². The monoisotopic (exact) mass is 506 g/mol. The summed E-state index contributed by atoms with van der Waals surface area (Å²) in [5, 5.41) is 4.17. The predicted octanol–water partition coefficient (Wildman–Crippen LogP) is 5.17. The minimum absolute atomic E-state index is 0.0471. The van der Waals surface area contributed by atoms with Gasteiger partial charge in [-0.05, 0) is 67.6 Å². The van der Waals surface area contributed by atoms with E-state index in [4.69, 9.17) is 4.74 Å². The van der Waals surface area contributed by atoms with Crippen LogP contribution in [0.1, 0.15) is 32.6 Å². The van der Waals surface area contributed by atoms with Crippen molar-refractivity contribution in [3.8, 4) is 0 Å². The Morgan fingerprint density at radius 1 is 0.829 bits per heavy atom. The molecule has 1 unspecified atom stereocenters. The lowest BCUT2D eigenvalue weighted by Gasteiger charge is -2.27. The molecule has 3 aromatic rings. The van der Waals surface area contributed by atoms with E-state index >= 15 is 0 Å². The van der Waals surface area contributed by atoms with Gasteiger partial charge in [0.25, 0.3) is 0 Å². The Hall–Kier alpha value is -2.62. The number of amides is 1. The maximum atomic E-state index is 12.2. The van der Waals surface area contributed by atoms with Crippen LogP contribution in [0.15, 0.2) is 91.0 Å². The van der Waals surface area contributed by atoms with Gasteiger partial charge >= 0.3 is 5.97 Å². The van der Waals surface area contributed by atoms with Crippen LogP contribution in [0.25, 0.3) is 0 Å². The standard InChI is InChI=1S/C29H33NO3PS/c1-24(29(32)30-23-35-30)22-33-28(31)20-12-5-13-21-34(25-14-6-2-7-15-25,26-16-8-3-9-17-26)27-18-10-4-11-19-27/h2-4,6-11,14-19,24H,5,12-13,20-23H2,1H3/q+1. The molecule has 1 amide bonds. The highest BCUT2D eigenvalue weighted by Crippen LogP contribution is 2.56. The summed E-state index contributed by atoms with van der Waals surface area (Å²) in [4.78, 5) is 24.2. The van der Waals surface area contributed by atoms with Gasteiger partial charge in [-0.3, -0.25) is 13.9 Å². The zero-order chi connectivity index (χ0) is 24.5. The SMILES string of the molecule is CC(COC(=O)CCCCC[P+](c1ccccc1)(c1ccccc1)c1ccccc1)C(=O)N1CS1. The minimum Gasteiger partial charge on any atom is -0.465 e. The van der Waals surface area contributed by atoms with Crippen molar-refractivity contribution in [2.45, 2.75) is 32.6 Å². The van der Waals surface area contributed by atoms with Gasteiger partial charge < -0.3 is 4.74 Å². The smallest absolute Gasteiger partial charge is 0.305 e. The molecule has 182 valence electrons. The second-order valence-electron chi connectivity index (χ2n) is 8.91. The average Bonchev–Trinajstić information content (AvgIpc) is 3.76. The molecule has 0 aliphatic carbocycles. The van der Waals surface area contributed by atoms with Crippen LogP contribution in [0.2, 0.25) is 0 Å². The third-order valence-corrected chi connectivity index (χ3v) is 11.6. The number of hydrogen-bond acceptors (Lipinski definition) is 4. The normalized spacial score (nSPS) is 13.8. The van der Waals surface area contributed by atoms with Gasteiger partial charge in [-0.15, -0.1) is 0 Å². The van der Waals surface area contributed by atoms with Gasteiger partial charge in [-0.1, -0.05) is 61.5 Å². The highest BCUT2D eigenvalue weighted by Gasteiger charge is 2.44. The molecule has 0 bridgehead atoms. The van der Waals surface area contributed by atoms with Crippen molar-refractivity contribution >= 4 is 47.0 Å². The summed E-state index contributed by atoms with van der Waals surface area (Å²) < 4.78 is 7.06. The van der Waals surface area contributed by atoms with Crippen LogP contribution in [0.5, 0.6) is 0 Å². The second-order valence-corrected chi connectivity index (χ2v) is 13.5. The van der Waals surface area contributed by atoms with E-state index in [2.05, 4.69) is 91.0 Å². The fraction of sp³-hybridized carbons (Fsp3) is 0.310. The number of benzene rings is 3. The first-order valence-corrected chi connectivity index (χ1v) is 15.2. The topological polar surface area (TPSA) is 46.4 Å². The Balaban J connectivity index is 1.39. The van der Waals surface area contributed by atoms with Crippen molar-refractivity contribution in [3.63, 3.8) is 0 Å². The molecule has 1 fully saturated rings. The van der Waals surface area contributed by atoms with E-state index in [0.29, 0.717) is 6.42 Å². The van der Waals surface area contributed by atoms with E-state index in [-0.39, 0.29) is 24.4 Å². The Morgan fingerprint density at radius 2 is 1.31 bits per heavy atom. The van der Waals surface area contributed by atoms with Crippen LogP contribution in [-0.4, -0.2) is 34.8 Å². The highest BCUT2D eigenvalue weighted by molar-refractivity contribution is 8.03. The molecule has 1 aliphatic rings. The number of unbranched alkanes of at least 4 members (excludes halogenated alkanes) is 2. The number of esters is 1. The molecule has 0 radical (unpaired) electrons. The van der Waals surface area contributed by atoms with Gasteiger partial charge in [-0.2, -0.15) is 0 Å². The molecule has 0 N–H and O–H groups in total. The number of nitrogens with zero attached hydrogens (tertiary/aromatic N) is 1. The van der Waals surface area contributed by atoms with Crippen LogP contribution in [0.4, 0.5) is 0 Å². The lowest BCUT2D eigenvalue weighted by Crippen LogP contribution is -2.33. The van der Waals surface area contributed by atoms with Crippen molar-refractivity contribution in [2.24, 2.45) is 5.92 Å². The largest absolute Gasteiger partial charge is 0.465 e. The summed E-state index contributed by atoms with van der Waals surface area (Å²) in [5.41, 5.74) is 0. The molecule has 0 aromatic heterocycles. The zero-order valence-corrected chi connectivity index (χ0v) is 21.9. The number of hydrogen-bond donors (Lipinski definition) is 0. The third kappa shape index (κ3) is 6.54. The molecule has 4 nitrogen and oxygen atoms in total. The maximum Gasteiger partial charge on any atom is 0.305 e. The Morgan fingerprint density at radius 3 is 1.77 bits per heavy atom. The lowest BCUT2D eigenvalue weighted by molar-refractivity contribution is -0.146. The van der Waals surface area contributed by atoms with E-state index in [1.165, 1.54) is 27.9 Å². The molecular formula is C29H33NO3PS+. The minimum atomic E-state index is -1.82. The molecule has 0 spiro atoms. The Labute approximate surface area is 213 Å². The van der Waals surface area contributed by atoms with Crippen molar-refractivity contribution in [1.29, 1.82) is 0 Å². The molecule has 1 aliphatic heterocycles. The molecule has 1 saturated heterocycles. The predicted molar refractivity (Wildman–Crippen MR) is 148 cm³/mol. The summed E-state index contributed by atoms with van der Waals surface area (Å²) >= 11 is 1.50. The molecule has 1 atom stereocenters. The van der Waals surface area contributed by atoms with Crippen molar-refractivity contribution in [2.75, 3.05) is 18.6 Å². The second kappa shape index (κ2) is 12.4. The fourth-order valence-electron chi connectivity index (χ4n) is 4.44. The van der Waals surface area contributed by atoms with Crippen LogP contribution in [0, 0.1) is 5.92 Å². The van der Waals surface area contributed by atoms with E-state index < -0.39 is 7.26 Å². The molecule has 4 rings (SSSR count). The van der Waals surface area contributed by atoms with Gasteiger partial charge in [-0.25, -0.2) is 0 Å². The highest BCUT2D eigenvalue weighted by atomic mass is 32.2. The Bertz CT molecular complexity index is 994. The first kappa shape index (κ1) is 25.5. The zero-order valence-electron chi connectivity index (χ0n) is 20.2. The number of carbonyl (C=O) groups is 2. The van der Waals surface area contributed by atoms with Gasteiger partial charge in [0.2, 0.25) is 5.91 Å². The summed E-state index contributed by atoms with van der Waals surface area (Å²) in [6.07, 6.45) is 4.23. The van der Waals surface area contributed by atoms with E-state index in [1.54, 1.807) is 4.31 Å². The number of ether oxygens (including phenoxy) is 1. The Kier molecular flexibility index (Phi) is 9.01. The maximum absolute atomic E-state index is 12.2. The van der Waals surface area contributed by atoms with Crippen LogP contribution in [-0.2, 0) is 14.3 Å². The molecule has 6 heteroatoms. The molecule has 1 heterocycles. The average molecular weight is 507 g/mol. The molecule has 3 aromatic carbocycles. The lowest BCUT2D eigenvalue weighted by atomic mass is 10.2. The first-order chi connectivity index (χ1) is 17.1. The summed E-state index contributed by atoms with van der Waals surface area (Å²) in [5.74, 6) is 0.307. The fourth-order valence-corrected chi connectivity index (χ4v) is 9.34. The van der Waals surface area contributed by atoms with Gasteiger partial charge in [0.1, 0.15) is 29.8 Å². The summed E-state index contributed by atoms with van der Waals surface area (Å²) in [6, 6.07) is 32.7. The third-order valence-electron chi connectivity index (χ3n) is 6.39. The molecule has 0 saturated carbocycles. The first-order valence-electron chi connectivity index (χ1n) is 12.3. The number of rotatable bonds is 12. The van der Waals surface area contributed by atoms with Gasteiger partial charge in [0, 0.05) is 6.42 Å². The van der Waals surface area contributed by atoms with Gasteiger partial charge in [0.05, 0.1) is 18.0 Å². The summed E-state index contributed by atoms with van der Waals surface area (Å²) in [6.45, 7) is 1.98. The van der Waals surface area contributed by atoms with Crippen LogP contribution < -0.4 is 15.9 Å². The van der Waals surface area contributed by atoms with E-state index in [0.717, 1.165) is 31.3 Å². The van der Waals surface area contributed by atoms with E-state index in [1.807, 2.05) is 6.92 Å². The summed E-state index contributed by atoms with van der Waals surface area (Å²) in [7, 11) is -1.82.